The van der Waals surface area contributed by atoms with Gasteiger partial charge in [-0.1, -0.05) is 278 Å². The summed E-state index contributed by atoms with van der Waals surface area (Å²) in [4.78, 5) is 12.9. The Bertz CT molecular complexity index is 615. The quantitative estimate of drug-likeness (QED) is 0.0628. The second-order valence-corrected chi connectivity index (χ2v) is 17.6. The van der Waals surface area contributed by atoms with E-state index in [1.807, 2.05) is 0 Å². The Morgan fingerprint density at radius 1 is 0.296 bits per heavy atom. The van der Waals surface area contributed by atoms with Crippen LogP contribution in [-0.2, 0) is 4.79 Å². The van der Waals surface area contributed by atoms with Gasteiger partial charge < -0.3 is 10.0 Å². The summed E-state index contributed by atoms with van der Waals surface area (Å²) in [5, 5.41) is 8.46. The van der Waals surface area contributed by atoms with Crippen LogP contribution in [0.25, 0.3) is 0 Å². The molecule has 1 N–H and O–H groups in total. The first-order chi connectivity index (χ1) is 26.6. The van der Waals surface area contributed by atoms with Gasteiger partial charge in [0.1, 0.15) is 0 Å². The van der Waals surface area contributed by atoms with Gasteiger partial charge in [0.15, 0.2) is 0 Å². The van der Waals surface area contributed by atoms with Crippen molar-refractivity contribution in [2.75, 3.05) is 20.1 Å². The van der Waals surface area contributed by atoms with Gasteiger partial charge in [-0.2, -0.15) is 0 Å². The maximum atomic E-state index is 10.3. The first-order valence-electron chi connectivity index (χ1n) is 25.5. The smallest absolute Gasteiger partial charge is 0.303 e. The summed E-state index contributed by atoms with van der Waals surface area (Å²) in [5.41, 5.74) is 0. The lowest BCUT2D eigenvalue weighted by atomic mass is 10.0. The third kappa shape index (κ3) is 55.8. The van der Waals surface area contributed by atoms with Gasteiger partial charge in [-0.15, -0.1) is 0 Å². The number of aliphatic carboxylic acids is 1. The van der Waals surface area contributed by atoms with Crippen LogP contribution < -0.4 is 0 Å². The summed E-state index contributed by atoms with van der Waals surface area (Å²) < 4.78 is 0. The molecule has 0 aromatic heterocycles. The van der Waals surface area contributed by atoms with Crippen molar-refractivity contribution in [1.82, 2.24) is 4.90 Å². The molecule has 0 radical (unpaired) electrons. The van der Waals surface area contributed by atoms with Crippen molar-refractivity contribution in [3.8, 4) is 0 Å². The Hall–Kier alpha value is -0.570. The van der Waals surface area contributed by atoms with E-state index in [9.17, 15) is 4.79 Å². The van der Waals surface area contributed by atoms with Gasteiger partial charge in [-0.05, 0) is 39.4 Å². The van der Waals surface area contributed by atoms with Gasteiger partial charge in [-0.3, -0.25) is 4.79 Å². The molecule has 0 spiro atoms. The normalized spacial score (nSPS) is 11.4. The molecule has 3 nitrogen and oxygen atoms in total. The van der Waals surface area contributed by atoms with E-state index in [0.29, 0.717) is 6.42 Å². The lowest BCUT2D eigenvalue weighted by Crippen LogP contribution is -2.20. The second kappa shape index (κ2) is 52.4. The summed E-state index contributed by atoms with van der Waals surface area (Å²) >= 11 is 0. The van der Waals surface area contributed by atoms with Gasteiger partial charge in [0.2, 0.25) is 0 Å². The van der Waals surface area contributed by atoms with Crippen LogP contribution in [0.5, 0.6) is 0 Å². The van der Waals surface area contributed by atoms with E-state index in [1.165, 1.54) is 276 Å². The van der Waals surface area contributed by atoms with Gasteiger partial charge in [0.05, 0.1) is 0 Å². The van der Waals surface area contributed by atoms with E-state index < -0.39 is 5.97 Å². The third-order valence-electron chi connectivity index (χ3n) is 11.8. The zero-order valence-electron chi connectivity index (χ0n) is 38.3. The Kier molecular flexibility index (Phi) is 53.9. The number of unbranched alkanes of at least 4 members (excludes halogenated alkanes) is 40. The van der Waals surface area contributed by atoms with Crippen LogP contribution in [-0.4, -0.2) is 36.1 Å². The fourth-order valence-corrected chi connectivity index (χ4v) is 7.91. The van der Waals surface area contributed by atoms with Crippen molar-refractivity contribution >= 4 is 5.97 Å². The molecule has 0 aliphatic rings. The molecule has 0 bridgehead atoms. The van der Waals surface area contributed by atoms with Gasteiger partial charge in [0, 0.05) is 6.42 Å². The SMILES string of the molecule is CCCCCCCCCCCCCC(=O)O.CCCCCCCCCCCCCCCCCCN(C)CCCCCCCCCCCCCCCCCC. The number of hydrogen-bond acceptors (Lipinski definition) is 2. The van der Waals surface area contributed by atoms with Crippen molar-refractivity contribution in [3.05, 3.63) is 0 Å². The molecule has 0 aliphatic carbocycles. The number of rotatable bonds is 46. The molecule has 0 unspecified atom stereocenters. The van der Waals surface area contributed by atoms with Crippen LogP contribution >= 0.6 is 0 Å². The fourth-order valence-electron chi connectivity index (χ4n) is 7.91. The summed E-state index contributed by atoms with van der Waals surface area (Å²) in [6.45, 7) is 9.50. The third-order valence-corrected chi connectivity index (χ3v) is 11.8. The number of carbonyl (C=O) groups is 1. The minimum absolute atomic E-state index is 0.344. The van der Waals surface area contributed by atoms with Gasteiger partial charge >= 0.3 is 5.97 Å². The molecule has 0 saturated carbocycles. The van der Waals surface area contributed by atoms with Crippen LogP contribution in [0.2, 0.25) is 0 Å². The largest absolute Gasteiger partial charge is 0.481 e. The van der Waals surface area contributed by atoms with Crippen molar-refractivity contribution in [2.45, 2.75) is 303 Å². The van der Waals surface area contributed by atoms with E-state index in [2.05, 4.69) is 32.7 Å². The molecule has 0 aromatic carbocycles. The Morgan fingerprint density at radius 2 is 0.463 bits per heavy atom. The minimum atomic E-state index is -0.657. The molecule has 0 saturated heterocycles. The van der Waals surface area contributed by atoms with Crippen molar-refractivity contribution in [1.29, 1.82) is 0 Å². The van der Waals surface area contributed by atoms with Crippen LogP contribution in [0, 0.1) is 0 Å². The fraction of sp³-hybridized carbons (Fsp3) is 0.980. The summed E-state index contributed by atoms with van der Waals surface area (Å²) in [7, 11) is 2.34. The molecule has 0 rings (SSSR count). The van der Waals surface area contributed by atoms with Crippen LogP contribution in [0.15, 0.2) is 0 Å². The van der Waals surface area contributed by atoms with E-state index in [4.69, 9.17) is 5.11 Å². The molecule has 0 aromatic rings. The second-order valence-electron chi connectivity index (χ2n) is 17.6. The van der Waals surface area contributed by atoms with Crippen LogP contribution in [0.3, 0.4) is 0 Å². The van der Waals surface area contributed by atoms with Gasteiger partial charge in [0.25, 0.3) is 0 Å². The van der Waals surface area contributed by atoms with Gasteiger partial charge in [-0.25, -0.2) is 0 Å². The van der Waals surface area contributed by atoms with Crippen LogP contribution in [0.1, 0.15) is 303 Å². The average molecular weight is 764 g/mol. The van der Waals surface area contributed by atoms with Crippen molar-refractivity contribution in [2.24, 2.45) is 0 Å². The van der Waals surface area contributed by atoms with Crippen molar-refractivity contribution < 1.29 is 9.90 Å². The molecule has 0 atom stereocenters. The lowest BCUT2D eigenvalue weighted by Gasteiger charge is -2.16. The molecule has 54 heavy (non-hydrogen) atoms. The zero-order chi connectivity index (χ0) is 39.7. The van der Waals surface area contributed by atoms with E-state index in [1.54, 1.807) is 0 Å². The first-order valence-corrected chi connectivity index (χ1v) is 25.5. The summed E-state index contributed by atoms with van der Waals surface area (Å²) in [6, 6.07) is 0. The molecular weight excluding hydrogens is 659 g/mol. The van der Waals surface area contributed by atoms with E-state index >= 15 is 0 Å². The highest BCUT2D eigenvalue weighted by molar-refractivity contribution is 5.66. The topological polar surface area (TPSA) is 40.5 Å². The van der Waals surface area contributed by atoms with E-state index in [-0.39, 0.29) is 0 Å². The number of hydrogen-bond donors (Lipinski definition) is 1. The average Bonchev–Trinajstić information content (AvgIpc) is 3.16. The highest BCUT2D eigenvalue weighted by Crippen LogP contribution is 2.16. The number of carboxylic acids is 1. The standard InChI is InChI=1S/C37H77N.C14H28O2/c1-4-6-8-10-12-14-16-18-20-22-24-26-28-30-32-34-36-38(3)37-35-33-31-29-27-25-23-21-19-17-15-13-11-9-7-5-2;1-2-3-4-5-6-7-8-9-10-11-12-13-14(15)16/h4-37H2,1-3H3;2-13H2,1H3,(H,15,16). The van der Waals surface area contributed by atoms with Crippen molar-refractivity contribution in [3.63, 3.8) is 0 Å². The first kappa shape index (κ1) is 55.5. The molecule has 3 heteroatoms. The predicted octanol–water partition coefficient (Wildman–Crippen LogP) is 18.2. The predicted molar refractivity (Wildman–Crippen MR) is 245 cm³/mol. The minimum Gasteiger partial charge on any atom is -0.481 e. The Balaban J connectivity index is 0. The summed E-state index contributed by atoms with van der Waals surface area (Å²) in [5.74, 6) is -0.657. The zero-order valence-corrected chi connectivity index (χ0v) is 38.3. The number of carboxylic acid groups (broad SMARTS) is 1. The maximum absolute atomic E-state index is 10.3. The van der Waals surface area contributed by atoms with Crippen LogP contribution in [0.4, 0.5) is 0 Å². The molecule has 0 amide bonds. The number of nitrogens with zero attached hydrogens (tertiary/aromatic N) is 1. The maximum Gasteiger partial charge on any atom is 0.303 e. The van der Waals surface area contributed by atoms with E-state index in [0.717, 1.165) is 12.8 Å². The highest BCUT2D eigenvalue weighted by Gasteiger charge is 2.01. The molecule has 0 aliphatic heterocycles. The monoisotopic (exact) mass is 764 g/mol. The Labute approximate surface area is 343 Å². The molecule has 326 valence electrons. The highest BCUT2D eigenvalue weighted by atomic mass is 16.4. The lowest BCUT2D eigenvalue weighted by molar-refractivity contribution is -0.137. The molecular formula is C51H105NO2. The summed E-state index contributed by atoms with van der Waals surface area (Å²) in [6.07, 6.45) is 61.2. The molecule has 0 fully saturated rings. The Morgan fingerprint density at radius 3 is 0.648 bits per heavy atom. The molecule has 0 heterocycles.